The van der Waals surface area contributed by atoms with E-state index in [9.17, 15) is 9.59 Å². The van der Waals surface area contributed by atoms with Gasteiger partial charge in [-0.15, -0.1) is 0 Å². The summed E-state index contributed by atoms with van der Waals surface area (Å²) in [5.41, 5.74) is 0. The minimum Gasteiger partial charge on any atom is -0.478 e. The molecular weight excluding hydrogens is 222 g/mol. The molecule has 0 spiro atoms. The molecule has 5 nitrogen and oxygen atoms in total. The van der Waals surface area contributed by atoms with E-state index in [1.54, 1.807) is 6.92 Å². The van der Waals surface area contributed by atoms with Crippen molar-refractivity contribution in [1.29, 1.82) is 0 Å². The molecule has 1 rings (SSSR count). The van der Waals surface area contributed by atoms with Crippen LogP contribution in [0.2, 0.25) is 0 Å². The Balaban J connectivity index is 2.25. The first-order valence-corrected chi connectivity index (χ1v) is 5.96. The zero-order chi connectivity index (χ0) is 12.7. The predicted molar refractivity (Wildman–Crippen MR) is 62.7 cm³/mol. The number of nitrogens with one attached hydrogen (secondary N) is 1. The summed E-state index contributed by atoms with van der Waals surface area (Å²) in [4.78, 5) is 21.7. The van der Waals surface area contributed by atoms with Gasteiger partial charge in [-0.3, -0.25) is 0 Å². The number of rotatable bonds is 4. The lowest BCUT2D eigenvalue weighted by Gasteiger charge is -2.23. The quantitative estimate of drug-likeness (QED) is 0.739. The van der Waals surface area contributed by atoms with Crippen LogP contribution in [0.5, 0.6) is 0 Å². The fourth-order valence-electron chi connectivity index (χ4n) is 1.87. The van der Waals surface area contributed by atoms with Crippen LogP contribution in [0.3, 0.4) is 0 Å². The van der Waals surface area contributed by atoms with E-state index < -0.39 is 18.2 Å². The molecule has 5 heteroatoms. The molecular formula is C12H19NO4. The Bertz CT molecular complexity index is 295. The van der Waals surface area contributed by atoms with Gasteiger partial charge in [0.1, 0.15) is 6.10 Å². The number of carbonyl (C=O) groups excluding carboxylic acids is 1. The summed E-state index contributed by atoms with van der Waals surface area (Å²) in [5.74, 6) is -1.05. The average Bonchev–Trinajstić information content (AvgIpc) is 2.27. The van der Waals surface area contributed by atoms with Crippen LogP contribution in [0.25, 0.3) is 0 Å². The van der Waals surface area contributed by atoms with E-state index in [-0.39, 0.29) is 6.04 Å². The number of ether oxygens (including phenoxy) is 1. The second-order valence-electron chi connectivity index (χ2n) is 4.29. The van der Waals surface area contributed by atoms with Gasteiger partial charge in [-0.1, -0.05) is 19.3 Å². The minimum atomic E-state index is -1.05. The maximum Gasteiger partial charge on any atom is 0.407 e. The van der Waals surface area contributed by atoms with E-state index in [2.05, 4.69) is 5.32 Å². The Hall–Kier alpha value is -1.52. The Kier molecular flexibility index (Phi) is 5.52. The van der Waals surface area contributed by atoms with Crippen molar-refractivity contribution in [2.45, 2.75) is 51.2 Å². The smallest absolute Gasteiger partial charge is 0.407 e. The lowest BCUT2D eigenvalue weighted by Crippen LogP contribution is -2.37. The number of aliphatic carboxylic acids is 1. The largest absolute Gasteiger partial charge is 0.478 e. The first-order chi connectivity index (χ1) is 8.08. The molecule has 0 saturated heterocycles. The average molecular weight is 241 g/mol. The van der Waals surface area contributed by atoms with Crippen molar-refractivity contribution >= 4 is 12.1 Å². The van der Waals surface area contributed by atoms with Gasteiger partial charge in [0.25, 0.3) is 0 Å². The van der Waals surface area contributed by atoms with Crippen molar-refractivity contribution in [3.05, 3.63) is 12.2 Å². The van der Waals surface area contributed by atoms with E-state index >= 15 is 0 Å². The Labute approximate surface area is 101 Å². The highest BCUT2D eigenvalue weighted by molar-refractivity contribution is 5.79. The molecule has 17 heavy (non-hydrogen) atoms. The molecule has 0 aromatic heterocycles. The third-order valence-electron chi connectivity index (χ3n) is 2.73. The van der Waals surface area contributed by atoms with Gasteiger partial charge in [0.15, 0.2) is 0 Å². The van der Waals surface area contributed by atoms with E-state index in [0.717, 1.165) is 31.8 Å². The van der Waals surface area contributed by atoms with Gasteiger partial charge in [0, 0.05) is 12.1 Å². The first kappa shape index (κ1) is 13.5. The van der Waals surface area contributed by atoms with Crippen LogP contribution < -0.4 is 5.32 Å². The second-order valence-corrected chi connectivity index (χ2v) is 4.29. The number of amides is 1. The highest BCUT2D eigenvalue weighted by atomic mass is 16.6. The topological polar surface area (TPSA) is 75.6 Å². The number of hydrogen-bond acceptors (Lipinski definition) is 3. The van der Waals surface area contributed by atoms with Gasteiger partial charge in [0.2, 0.25) is 0 Å². The van der Waals surface area contributed by atoms with Crippen LogP contribution in [-0.4, -0.2) is 29.3 Å². The van der Waals surface area contributed by atoms with Crippen LogP contribution in [0.15, 0.2) is 12.2 Å². The van der Waals surface area contributed by atoms with Crippen LogP contribution in [0.1, 0.15) is 39.0 Å². The number of carbonyl (C=O) groups is 2. The molecule has 0 radical (unpaired) electrons. The van der Waals surface area contributed by atoms with E-state index in [4.69, 9.17) is 9.84 Å². The third-order valence-corrected chi connectivity index (χ3v) is 2.73. The van der Waals surface area contributed by atoms with Crippen LogP contribution in [0, 0.1) is 0 Å². The normalized spacial score (nSPS) is 18.9. The molecule has 2 N–H and O–H groups in total. The molecule has 0 aromatic rings. The third kappa shape index (κ3) is 5.94. The molecule has 0 aliphatic heterocycles. The Morgan fingerprint density at radius 2 is 2.00 bits per heavy atom. The molecule has 0 bridgehead atoms. The molecule has 1 aliphatic rings. The lowest BCUT2D eigenvalue weighted by atomic mass is 9.96. The van der Waals surface area contributed by atoms with Gasteiger partial charge in [-0.25, -0.2) is 9.59 Å². The molecule has 0 aromatic carbocycles. The van der Waals surface area contributed by atoms with Gasteiger partial charge < -0.3 is 15.2 Å². The molecule has 1 saturated carbocycles. The monoisotopic (exact) mass is 241 g/mol. The summed E-state index contributed by atoms with van der Waals surface area (Å²) < 4.78 is 5.00. The molecule has 1 atom stereocenters. The van der Waals surface area contributed by atoms with Crippen molar-refractivity contribution in [1.82, 2.24) is 5.32 Å². The Morgan fingerprint density at radius 3 is 2.59 bits per heavy atom. The predicted octanol–water partition coefficient (Wildman–Crippen LogP) is 2.07. The van der Waals surface area contributed by atoms with Gasteiger partial charge in [-0.05, 0) is 25.8 Å². The number of alkyl carbamates (subject to hydrolysis) is 1. The second kappa shape index (κ2) is 6.93. The van der Waals surface area contributed by atoms with E-state index in [1.165, 1.54) is 12.5 Å². The summed E-state index contributed by atoms with van der Waals surface area (Å²) in [7, 11) is 0. The summed E-state index contributed by atoms with van der Waals surface area (Å²) in [6.07, 6.45) is 6.79. The molecule has 1 aliphatic carbocycles. The highest BCUT2D eigenvalue weighted by Crippen LogP contribution is 2.17. The fraction of sp³-hybridized carbons (Fsp3) is 0.667. The maximum atomic E-state index is 11.5. The van der Waals surface area contributed by atoms with Crippen molar-refractivity contribution in [2.75, 3.05) is 0 Å². The molecule has 1 fully saturated rings. The fourth-order valence-corrected chi connectivity index (χ4v) is 1.87. The van der Waals surface area contributed by atoms with E-state index in [0.29, 0.717) is 0 Å². The summed E-state index contributed by atoms with van der Waals surface area (Å²) in [6.45, 7) is 1.62. The number of carboxylic acid groups (broad SMARTS) is 1. The van der Waals surface area contributed by atoms with Crippen molar-refractivity contribution in [3.63, 3.8) is 0 Å². The van der Waals surface area contributed by atoms with Crippen molar-refractivity contribution in [3.8, 4) is 0 Å². The van der Waals surface area contributed by atoms with Crippen LogP contribution >= 0.6 is 0 Å². The SMILES string of the molecule is CC(/C=C/C(=O)O)OC(=O)NC1CCCCC1. The van der Waals surface area contributed by atoms with E-state index in [1.807, 2.05) is 0 Å². The summed E-state index contributed by atoms with van der Waals surface area (Å²) >= 11 is 0. The number of carboxylic acids is 1. The van der Waals surface area contributed by atoms with Crippen molar-refractivity contribution < 1.29 is 19.4 Å². The van der Waals surface area contributed by atoms with Crippen LogP contribution in [0.4, 0.5) is 4.79 Å². The Morgan fingerprint density at radius 1 is 1.35 bits per heavy atom. The minimum absolute atomic E-state index is 0.201. The summed E-state index contributed by atoms with van der Waals surface area (Å²) in [5, 5.41) is 11.2. The van der Waals surface area contributed by atoms with Gasteiger partial charge in [0.05, 0.1) is 0 Å². The highest BCUT2D eigenvalue weighted by Gasteiger charge is 2.17. The van der Waals surface area contributed by atoms with Crippen molar-refractivity contribution in [2.24, 2.45) is 0 Å². The lowest BCUT2D eigenvalue weighted by molar-refractivity contribution is -0.131. The number of hydrogen-bond donors (Lipinski definition) is 2. The maximum absolute atomic E-state index is 11.5. The molecule has 96 valence electrons. The molecule has 1 amide bonds. The van der Waals surface area contributed by atoms with Crippen LogP contribution in [-0.2, 0) is 9.53 Å². The van der Waals surface area contributed by atoms with Gasteiger partial charge in [-0.2, -0.15) is 0 Å². The first-order valence-electron chi connectivity index (χ1n) is 5.96. The molecule has 1 unspecified atom stereocenters. The molecule has 0 heterocycles. The summed E-state index contributed by atoms with van der Waals surface area (Å²) in [6, 6.07) is 0.201. The standard InChI is InChI=1S/C12H19NO4/c1-9(7-8-11(14)15)17-12(16)13-10-5-3-2-4-6-10/h7-10H,2-6H2,1H3,(H,13,16)(H,14,15)/b8-7+. The van der Waals surface area contributed by atoms with Gasteiger partial charge >= 0.3 is 12.1 Å². The zero-order valence-corrected chi connectivity index (χ0v) is 10.0. The zero-order valence-electron chi connectivity index (χ0n) is 10.0.